The van der Waals surface area contributed by atoms with E-state index in [-0.39, 0.29) is 6.67 Å². The lowest BCUT2D eigenvalue weighted by atomic mass is 9.64. The van der Waals surface area contributed by atoms with E-state index in [1.54, 1.807) is 12.8 Å². The molecule has 0 aromatic heterocycles. The van der Waals surface area contributed by atoms with E-state index in [2.05, 4.69) is 6.92 Å². The molecule has 0 atom stereocenters. The summed E-state index contributed by atoms with van der Waals surface area (Å²) in [5.41, 5.74) is 0. The first-order valence-corrected chi connectivity index (χ1v) is 12.9. The molecule has 0 nitrogen and oxygen atoms in total. The number of hydrogen-bond acceptors (Lipinski definition) is 0. The van der Waals surface area contributed by atoms with Crippen molar-refractivity contribution in [2.75, 3.05) is 6.67 Å². The average Bonchev–Trinajstić information content (AvgIpc) is 2.73. The highest BCUT2D eigenvalue weighted by atomic mass is 19.1. The predicted molar refractivity (Wildman–Crippen MR) is 116 cm³/mol. The van der Waals surface area contributed by atoms with Gasteiger partial charge >= 0.3 is 0 Å². The van der Waals surface area contributed by atoms with Crippen LogP contribution in [0, 0.1) is 35.5 Å². The summed E-state index contributed by atoms with van der Waals surface area (Å²) in [4.78, 5) is 0. The first-order chi connectivity index (χ1) is 13.3. The second-order valence-corrected chi connectivity index (χ2v) is 10.6. The maximum absolute atomic E-state index is 12.6. The van der Waals surface area contributed by atoms with Gasteiger partial charge in [-0.2, -0.15) is 0 Å². The third-order valence-corrected chi connectivity index (χ3v) is 8.92. The molecular weight excluding hydrogens is 331 g/mol. The van der Waals surface area contributed by atoms with Crippen LogP contribution < -0.4 is 0 Å². The summed E-state index contributed by atoms with van der Waals surface area (Å²) < 4.78 is 12.6. The second kappa shape index (κ2) is 11.8. The fourth-order valence-corrected chi connectivity index (χ4v) is 7.00. The van der Waals surface area contributed by atoms with Crippen LogP contribution in [0.4, 0.5) is 4.39 Å². The van der Waals surface area contributed by atoms with Crippen LogP contribution in [0.5, 0.6) is 0 Å². The van der Waals surface area contributed by atoms with Crippen molar-refractivity contribution in [1.82, 2.24) is 0 Å². The van der Waals surface area contributed by atoms with Gasteiger partial charge in [0.2, 0.25) is 0 Å². The summed E-state index contributed by atoms with van der Waals surface area (Å²) in [6.07, 6.45) is 25.8. The topological polar surface area (TPSA) is 0 Å². The number of unbranched alkanes of at least 4 members (excludes halogenated alkanes) is 3. The van der Waals surface area contributed by atoms with Crippen molar-refractivity contribution in [2.45, 2.75) is 122 Å². The van der Waals surface area contributed by atoms with Gasteiger partial charge in [0.25, 0.3) is 0 Å². The Morgan fingerprint density at radius 1 is 0.519 bits per heavy atom. The third-order valence-electron chi connectivity index (χ3n) is 8.92. The van der Waals surface area contributed by atoms with Crippen molar-refractivity contribution in [1.29, 1.82) is 0 Å². The van der Waals surface area contributed by atoms with Crippen molar-refractivity contribution < 1.29 is 4.39 Å². The van der Waals surface area contributed by atoms with E-state index in [9.17, 15) is 4.39 Å². The lowest BCUT2D eigenvalue weighted by molar-refractivity contribution is 0.101. The van der Waals surface area contributed by atoms with Gasteiger partial charge in [0.1, 0.15) is 0 Å². The first-order valence-electron chi connectivity index (χ1n) is 12.9. The highest BCUT2D eigenvalue weighted by molar-refractivity contribution is 4.85. The quantitative estimate of drug-likeness (QED) is 0.352. The molecule has 27 heavy (non-hydrogen) atoms. The molecule has 0 unspecified atom stereocenters. The summed E-state index contributed by atoms with van der Waals surface area (Å²) in [7, 11) is 0. The third kappa shape index (κ3) is 6.74. The fraction of sp³-hybridized carbons (Fsp3) is 1.00. The second-order valence-electron chi connectivity index (χ2n) is 10.6. The monoisotopic (exact) mass is 378 g/mol. The van der Waals surface area contributed by atoms with Crippen LogP contribution in [-0.2, 0) is 0 Å². The minimum absolute atomic E-state index is 0.0958. The van der Waals surface area contributed by atoms with E-state index in [0.29, 0.717) is 5.92 Å². The smallest absolute Gasteiger partial charge is 0.0897 e. The molecular formula is C26H47F. The molecule has 3 fully saturated rings. The normalized spacial score (nSPS) is 38.0. The lowest BCUT2D eigenvalue weighted by Gasteiger charge is -2.41. The first kappa shape index (κ1) is 21.6. The molecule has 0 spiro atoms. The molecule has 0 heterocycles. The van der Waals surface area contributed by atoms with Crippen molar-refractivity contribution in [2.24, 2.45) is 35.5 Å². The Labute approximate surface area is 169 Å². The maximum atomic E-state index is 12.6. The zero-order chi connectivity index (χ0) is 18.9. The van der Waals surface area contributed by atoms with Crippen LogP contribution in [0.15, 0.2) is 0 Å². The Morgan fingerprint density at radius 3 is 1.33 bits per heavy atom. The van der Waals surface area contributed by atoms with Gasteiger partial charge in [-0.3, -0.25) is 4.39 Å². The minimum Gasteiger partial charge on any atom is -0.251 e. The summed E-state index contributed by atoms with van der Waals surface area (Å²) in [6, 6.07) is 0. The molecule has 0 radical (unpaired) electrons. The van der Waals surface area contributed by atoms with Crippen LogP contribution in [0.3, 0.4) is 0 Å². The standard InChI is InChI=1S/C26H47F/c1-2-3-4-5-6-21-7-11-23(12-8-21)25-15-17-26(18-16-25)24-13-9-22(10-14-24)19-20-27/h21-26H,2-20H2,1H3. The molecule has 3 aliphatic carbocycles. The zero-order valence-corrected chi connectivity index (χ0v) is 18.3. The van der Waals surface area contributed by atoms with E-state index in [1.807, 2.05) is 0 Å². The number of rotatable bonds is 9. The Hall–Kier alpha value is -0.0700. The van der Waals surface area contributed by atoms with Gasteiger partial charge in [0.05, 0.1) is 6.67 Å². The fourth-order valence-electron chi connectivity index (χ4n) is 7.00. The molecule has 3 saturated carbocycles. The Balaban J connectivity index is 1.30. The average molecular weight is 379 g/mol. The molecule has 0 saturated heterocycles. The van der Waals surface area contributed by atoms with Crippen LogP contribution in [0.1, 0.15) is 122 Å². The minimum atomic E-state index is -0.0958. The Morgan fingerprint density at radius 2 is 0.926 bits per heavy atom. The van der Waals surface area contributed by atoms with E-state index >= 15 is 0 Å². The molecule has 0 bridgehead atoms. The van der Waals surface area contributed by atoms with Gasteiger partial charge < -0.3 is 0 Å². The van der Waals surface area contributed by atoms with E-state index < -0.39 is 0 Å². The number of hydrogen-bond donors (Lipinski definition) is 0. The molecule has 0 aromatic rings. The molecule has 0 amide bonds. The summed E-state index contributed by atoms with van der Waals surface area (Å²) in [5, 5.41) is 0. The molecule has 0 aliphatic heterocycles. The SMILES string of the molecule is CCCCCCC1CCC(C2CCC(C3CCC(CCF)CC3)CC2)CC1. The highest BCUT2D eigenvalue weighted by Gasteiger charge is 2.34. The van der Waals surface area contributed by atoms with Crippen LogP contribution in [0.2, 0.25) is 0 Å². The summed E-state index contributed by atoms with van der Waals surface area (Å²) in [5.74, 6) is 5.90. The van der Waals surface area contributed by atoms with Gasteiger partial charge in [-0.05, 0) is 93.3 Å². The van der Waals surface area contributed by atoms with E-state index in [4.69, 9.17) is 0 Å². The largest absolute Gasteiger partial charge is 0.251 e. The van der Waals surface area contributed by atoms with Crippen molar-refractivity contribution in [3.63, 3.8) is 0 Å². The molecule has 0 aromatic carbocycles. The molecule has 3 aliphatic rings. The molecule has 0 N–H and O–H groups in total. The Kier molecular flexibility index (Phi) is 9.47. The van der Waals surface area contributed by atoms with E-state index in [1.165, 1.54) is 96.3 Å². The van der Waals surface area contributed by atoms with Crippen molar-refractivity contribution in [3.8, 4) is 0 Å². The van der Waals surface area contributed by atoms with Crippen LogP contribution >= 0.6 is 0 Å². The van der Waals surface area contributed by atoms with Gasteiger partial charge in [-0.25, -0.2) is 0 Å². The predicted octanol–water partition coefficient (Wildman–Crippen LogP) is 8.74. The number of halogens is 1. The van der Waals surface area contributed by atoms with Gasteiger partial charge in [-0.15, -0.1) is 0 Å². The molecule has 158 valence electrons. The zero-order valence-electron chi connectivity index (χ0n) is 18.3. The molecule has 1 heteroatoms. The van der Waals surface area contributed by atoms with Crippen molar-refractivity contribution in [3.05, 3.63) is 0 Å². The van der Waals surface area contributed by atoms with Gasteiger partial charge in [-0.1, -0.05) is 64.7 Å². The molecule has 3 rings (SSSR count). The highest BCUT2D eigenvalue weighted by Crippen LogP contribution is 2.46. The number of alkyl halides is 1. The van der Waals surface area contributed by atoms with Gasteiger partial charge in [0.15, 0.2) is 0 Å². The van der Waals surface area contributed by atoms with Crippen molar-refractivity contribution >= 4 is 0 Å². The lowest BCUT2D eigenvalue weighted by Crippen LogP contribution is -2.29. The van der Waals surface area contributed by atoms with E-state index in [0.717, 1.165) is 36.0 Å². The maximum Gasteiger partial charge on any atom is 0.0897 e. The Bertz CT molecular complexity index is 368. The van der Waals surface area contributed by atoms with Gasteiger partial charge in [0, 0.05) is 0 Å². The summed E-state index contributed by atoms with van der Waals surface area (Å²) in [6.45, 7) is 2.22. The van der Waals surface area contributed by atoms with Crippen LogP contribution in [0.25, 0.3) is 0 Å². The van der Waals surface area contributed by atoms with Crippen LogP contribution in [-0.4, -0.2) is 6.67 Å². The summed E-state index contributed by atoms with van der Waals surface area (Å²) >= 11 is 0.